The number of ether oxygens (including phenoxy) is 1. The number of carbonyl (C=O) groups is 1. The maximum atomic E-state index is 11.9. The van der Waals surface area contributed by atoms with E-state index in [9.17, 15) is 4.79 Å². The van der Waals surface area contributed by atoms with E-state index < -0.39 is 0 Å². The molecule has 1 aromatic rings. The molecule has 0 spiro atoms. The van der Waals surface area contributed by atoms with E-state index in [4.69, 9.17) is 9.84 Å². The van der Waals surface area contributed by atoms with Gasteiger partial charge in [0.25, 0.3) is 5.91 Å². The van der Waals surface area contributed by atoms with Gasteiger partial charge in [0, 0.05) is 43.6 Å². The molecule has 2 N–H and O–H groups in total. The predicted molar refractivity (Wildman–Crippen MR) is 66.3 cm³/mol. The van der Waals surface area contributed by atoms with E-state index in [1.807, 2.05) is 0 Å². The number of amides is 1. The second-order valence-electron chi connectivity index (χ2n) is 4.35. The number of nitrogens with zero attached hydrogens (tertiary/aromatic N) is 1. The molecule has 0 saturated carbocycles. The van der Waals surface area contributed by atoms with Crippen molar-refractivity contribution in [3.8, 4) is 0 Å². The van der Waals surface area contributed by atoms with E-state index >= 15 is 0 Å². The van der Waals surface area contributed by atoms with Gasteiger partial charge in [0.05, 0.1) is 6.10 Å². The van der Waals surface area contributed by atoms with Crippen LogP contribution in [0.4, 0.5) is 0 Å². The number of aromatic nitrogens is 1. The third-order valence-electron chi connectivity index (χ3n) is 2.96. The van der Waals surface area contributed by atoms with Crippen LogP contribution in [0, 0.1) is 0 Å². The van der Waals surface area contributed by atoms with Crippen LogP contribution in [0.25, 0.3) is 0 Å². The Labute approximate surface area is 106 Å². The van der Waals surface area contributed by atoms with Crippen molar-refractivity contribution in [2.24, 2.45) is 0 Å². The Bertz CT molecular complexity index is 403. The first-order valence-electron chi connectivity index (χ1n) is 6.25. The van der Waals surface area contributed by atoms with Crippen LogP contribution in [0.15, 0.2) is 18.3 Å². The van der Waals surface area contributed by atoms with Gasteiger partial charge in [-0.2, -0.15) is 0 Å². The normalized spacial score (nSPS) is 18.8. The first-order valence-corrected chi connectivity index (χ1v) is 6.25. The van der Waals surface area contributed by atoms with Crippen molar-refractivity contribution >= 4 is 5.91 Å². The summed E-state index contributed by atoms with van der Waals surface area (Å²) in [6.45, 7) is 1.38. The lowest BCUT2D eigenvalue weighted by Gasteiger charge is -2.11. The lowest BCUT2D eigenvalue weighted by Crippen LogP contribution is -2.31. The molecule has 1 unspecified atom stereocenters. The number of pyridine rings is 1. The Hall–Kier alpha value is -1.46. The van der Waals surface area contributed by atoms with Crippen LogP contribution >= 0.6 is 0 Å². The summed E-state index contributed by atoms with van der Waals surface area (Å²) in [6.07, 6.45) is 4.27. The van der Waals surface area contributed by atoms with Gasteiger partial charge in [-0.25, -0.2) is 0 Å². The van der Waals surface area contributed by atoms with Crippen molar-refractivity contribution in [1.82, 2.24) is 10.3 Å². The molecule has 2 rings (SSSR count). The number of aliphatic hydroxyl groups is 1. The molecule has 1 atom stereocenters. The Morgan fingerprint density at radius 1 is 1.61 bits per heavy atom. The van der Waals surface area contributed by atoms with Gasteiger partial charge in [0.2, 0.25) is 0 Å². The summed E-state index contributed by atoms with van der Waals surface area (Å²) in [5.74, 6) is -0.118. The monoisotopic (exact) mass is 250 g/mol. The molecule has 1 fully saturated rings. The maximum Gasteiger partial charge on any atom is 0.251 e. The molecule has 0 radical (unpaired) electrons. The van der Waals surface area contributed by atoms with E-state index in [0.717, 1.165) is 25.1 Å². The molecule has 1 saturated heterocycles. The Kier molecular flexibility index (Phi) is 4.66. The van der Waals surface area contributed by atoms with Crippen LogP contribution in [0.1, 0.15) is 28.9 Å². The van der Waals surface area contributed by atoms with Crippen LogP contribution in [-0.2, 0) is 11.2 Å². The quantitative estimate of drug-likeness (QED) is 0.799. The minimum atomic E-state index is -0.118. The zero-order valence-corrected chi connectivity index (χ0v) is 10.3. The molecular weight excluding hydrogens is 232 g/mol. The summed E-state index contributed by atoms with van der Waals surface area (Å²) in [5, 5.41) is 11.7. The van der Waals surface area contributed by atoms with Crippen molar-refractivity contribution in [3.05, 3.63) is 29.6 Å². The fourth-order valence-electron chi connectivity index (χ4n) is 1.98. The van der Waals surface area contributed by atoms with Crippen LogP contribution in [-0.4, -0.2) is 41.9 Å². The van der Waals surface area contributed by atoms with Crippen LogP contribution in [0.5, 0.6) is 0 Å². The largest absolute Gasteiger partial charge is 0.396 e. The number of aliphatic hydroxyl groups excluding tert-OH is 1. The van der Waals surface area contributed by atoms with Crippen LogP contribution in [0.3, 0.4) is 0 Å². The van der Waals surface area contributed by atoms with Gasteiger partial charge in [0.15, 0.2) is 0 Å². The lowest BCUT2D eigenvalue weighted by atomic mass is 10.2. The first kappa shape index (κ1) is 13.0. The van der Waals surface area contributed by atoms with E-state index in [2.05, 4.69) is 10.3 Å². The molecule has 5 heteroatoms. The Morgan fingerprint density at radius 3 is 3.22 bits per heavy atom. The van der Waals surface area contributed by atoms with Gasteiger partial charge in [-0.15, -0.1) is 0 Å². The summed E-state index contributed by atoms with van der Waals surface area (Å²) in [6, 6.07) is 3.38. The maximum absolute atomic E-state index is 11.9. The summed E-state index contributed by atoms with van der Waals surface area (Å²) in [5.41, 5.74) is 1.30. The minimum absolute atomic E-state index is 0.0357. The number of hydrogen-bond donors (Lipinski definition) is 2. The van der Waals surface area contributed by atoms with Gasteiger partial charge < -0.3 is 15.2 Å². The molecule has 18 heavy (non-hydrogen) atoms. The summed E-state index contributed by atoms with van der Waals surface area (Å²) in [7, 11) is 0. The van der Waals surface area contributed by atoms with Gasteiger partial charge in [-0.1, -0.05) is 0 Å². The summed E-state index contributed by atoms with van der Waals surface area (Å²) < 4.78 is 5.44. The number of rotatable bonds is 5. The predicted octanol–water partition coefficient (Wildman–Crippen LogP) is 0.525. The highest BCUT2D eigenvalue weighted by molar-refractivity contribution is 5.94. The molecular formula is C13H18N2O3. The smallest absolute Gasteiger partial charge is 0.251 e. The molecule has 2 heterocycles. The van der Waals surface area contributed by atoms with E-state index in [1.165, 1.54) is 0 Å². The highest BCUT2D eigenvalue weighted by Gasteiger charge is 2.16. The zero-order chi connectivity index (χ0) is 12.8. The number of carbonyl (C=O) groups excluding carboxylic acids is 1. The standard InChI is InChI=1S/C13H18N2O3/c16-6-4-11-8-10(3-5-14-11)13(17)15-9-12-2-1-7-18-12/h3,5,8,12,16H,1-2,4,6-7,9H2,(H,15,17). The van der Waals surface area contributed by atoms with E-state index in [1.54, 1.807) is 18.3 Å². The zero-order valence-electron chi connectivity index (χ0n) is 10.3. The Balaban J connectivity index is 1.89. The van der Waals surface area contributed by atoms with Gasteiger partial charge in [-0.05, 0) is 25.0 Å². The highest BCUT2D eigenvalue weighted by atomic mass is 16.5. The second kappa shape index (κ2) is 6.47. The fourth-order valence-corrected chi connectivity index (χ4v) is 1.98. The highest BCUT2D eigenvalue weighted by Crippen LogP contribution is 2.11. The summed E-state index contributed by atoms with van der Waals surface area (Å²) >= 11 is 0. The average molecular weight is 250 g/mol. The van der Waals surface area contributed by atoms with Crippen molar-refractivity contribution in [3.63, 3.8) is 0 Å². The summed E-state index contributed by atoms with van der Waals surface area (Å²) in [4.78, 5) is 16.0. The topological polar surface area (TPSA) is 71.5 Å². The van der Waals surface area contributed by atoms with Gasteiger partial charge in [0.1, 0.15) is 0 Å². The molecule has 0 aliphatic carbocycles. The third kappa shape index (κ3) is 3.51. The van der Waals surface area contributed by atoms with Gasteiger partial charge >= 0.3 is 0 Å². The molecule has 1 aliphatic heterocycles. The molecule has 1 amide bonds. The second-order valence-corrected chi connectivity index (χ2v) is 4.35. The van der Waals surface area contributed by atoms with E-state index in [-0.39, 0.29) is 18.6 Å². The number of nitrogens with one attached hydrogen (secondary N) is 1. The first-order chi connectivity index (χ1) is 8.79. The molecule has 0 aromatic carbocycles. The average Bonchev–Trinajstić information content (AvgIpc) is 2.90. The molecule has 5 nitrogen and oxygen atoms in total. The van der Waals surface area contributed by atoms with Crippen LogP contribution in [0.2, 0.25) is 0 Å². The third-order valence-corrected chi connectivity index (χ3v) is 2.96. The van der Waals surface area contributed by atoms with E-state index in [0.29, 0.717) is 18.5 Å². The molecule has 1 aliphatic rings. The Morgan fingerprint density at radius 2 is 2.50 bits per heavy atom. The fraction of sp³-hybridized carbons (Fsp3) is 0.538. The SMILES string of the molecule is O=C(NCC1CCCO1)c1ccnc(CCO)c1. The van der Waals surface area contributed by atoms with Crippen molar-refractivity contribution < 1.29 is 14.6 Å². The number of hydrogen-bond acceptors (Lipinski definition) is 4. The molecule has 1 aromatic heterocycles. The minimum Gasteiger partial charge on any atom is -0.396 e. The van der Waals surface area contributed by atoms with Crippen molar-refractivity contribution in [2.45, 2.75) is 25.4 Å². The molecule has 98 valence electrons. The molecule has 0 bridgehead atoms. The lowest BCUT2D eigenvalue weighted by molar-refractivity contribution is 0.0857. The van der Waals surface area contributed by atoms with Gasteiger partial charge in [-0.3, -0.25) is 9.78 Å². The van der Waals surface area contributed by atoms with Crippen molar-refractivity contribution in [1.29, 1.82) is 0 Å². The van der Waals surface area contributed by atoms with Crippen molar-refractivity contribution in [2.75, 3.05) is 19.8 Å². The van der Waals surface area contributed by atoms with Crippen LogP contribution < -0.4 is 5.32 Å².